The SMILES string of the molecule is CCCOc1cncc(N(CCCl)C2CCC2)n1. The summed E-state index contributed by atoms with van der Waals surface area (Å²) >= 11 is 5.87. The van der Waals surface area contributed by atoms with Crippen molar-refractivity contribution in [3.8, 4) is 5.88 Å². The van der Waals surface area contributed by atoms with Crippen LogP contribution in [-0.4, -0.2) is 35.0 Å². The van der Waals surface area contributed by atoms with Crippen LogP contribution in [0, 0.1) is 0 Å². The molecule has 0 spiro atoms. The molecule has 0 aromatic carbocycles. The quantitative estimate of drug-likeness (QED) is 0.714. The molecule has 1 aromatic heterocycles. The van der Waals surface area contributed by atoms with Gasteiger partial charge < -0.3 is 9.64 Å². The first-order chi connectivity index (χ1) is 8.85. The summed E-state index contributed by atoms with van der Waals surface area (Å²) in [5.41, 5.74) is 0. The van der Waals surface area contributed by atoms with Gasteiger partial charge in [-0.3, -0.25) is 4.98 Å². The number of anilines is 1. The molecule has 0 N–H and O–H groups in total. The van der Waals surface area contributed by atoms with Crippen LogP contribution in [0.3, 0.4) is 0 Å². The van der Waals surface area contributed by atoms with Gasteiger partial charge in [-0.2, -0.15) is 4.98 Å². The van der Waals surface area contributed by atoms with Crippen molar-refractivity contribution in [2.75, 3.05) is 23.9 Å². The van der Waals surface area contributed by atoms with Crippen molar-refractivity contribution < 1.29 is 4.74 Å². The second-order valence-electron chi connectivity index (χ2n) is 4.53. The Morgan fingerprint density at radius 3 is 2.89 bits per heavy atom. The van der Waals surface area contributed by atoms with Crippen LogP contribution in [0.25, 0.3) is 0 Å². The Bertz CT molecular complexity index is 371. The maximum absolute atomic E-state index is 5.87. The van der Waals surface area contributed by atoms with Crippen LogP contribution in [0.5, 0.6) is 5.88 Å². The Labute approximate surface area is 113 Å². The summed E-state index contributed by atoms with van der Waals surface area (Å²) < 4.78 is 5.52. The first kappa shape index (κ1) is 13.4. The third-order valence-electron chi connectivity index (χ3n) is 3.19. The molecule has 0 radical (unpaired) electrons. The summed E-state index contributed by atoms with van der Waals surface area (Å²) in [4.78, 5) is 11.0. The maximum atomic E-state index is 5.87. The zero-order valence-electron chi connectivity index (χ0n) is 10.8. The van der Waals surface area contributed by atoms with Crippen LogP contribution in [0.1, 0.15) is 32.6 Å². The van der Waals surface area contributed by atoms with E-state index in [1.165, 1.54) is 19.3 Å². The molecule has 0 aliphatic heterocycles. The Hall–Kier alpha value is -1.03. The van der Waals surface area contributed by atoms with E-state index in [0.717, 1.165) is 18.8 Å². The van der Waals surface area contributed by atoms with Gasteiger partial charge in [0.25, 0.3) is 0 Å². The minimum atomic E-state index is 0.569. The third kappa shape index (κ3) is 3.25. The van der Waals surface area contributed by atoms with Crippen molar-refractivity contribution in [3.05, 3.63) is 12.4 Å². The van der Waals surface area contributed by atoms with E-state index >= 15 is 0 Å². The van der Waals surface area contributed by atoms with Gasteiger partial charge in [0, 0.05) is 18.5 Å². The molecule has 0 saturated heterocycles. The summed E-state index contributed by atoms with van der Waals surface area (Å²) in [7, 11) is 0. The Balaban J connectivity index is 2.08. The van der Waals surface area contributed by atoms with E-state index < -0.39 is 0 Å². The molecule has 1 saturated carbocycles. The number of alkyl halides is 1. The number of hydrogen-bond acceptors (Lipinski definition) is 4. The largest absolute Gasteiger partial charge is 0.477 e. The molecule has 4 nitrogen and oxygen atoms in total. The summed E-state index contributed by atoms with van der Waals surface area (Å²) in [6.07, 6.45) is 8.17. The van der Waals surface area contributed by atoms with Crippen molar-refractivity contribution in [2.45, 2.75) is 38.6 Å². The molecule has 18 heavy (non-hydrogen) atoms. The average Bonchev–Trinajstić information content (AvgIpc) is 2.34. The first-order valence-electron chi connectivity index (χ1n) is 6.62. The second kappa shape index (κ2) is 6.78. The van der Waals surface area contributed by atoms with E-state index in [9.17, 15) is 0 Å². The zero-order valence-corrected chi connectivity index (χ0v) is 11.6. The predicted octanol–water partition coefficient (Wildman–Crippen LogP) is 2.86. The normalized spacial score (nSPS) is 15.2. The van der Waals surface area contributed by atoms with E-state index in [1.807, 2.05) is 0 Å². The first-order valence-corrected chi connectivity index (χ1v) is 7.16. The summed E-state index contributed by atoms with van der Waals surface area (Å²) in [6.45, 7) is 3.57. The molecular formula is C13H20ClN3O. The molecule has 100 valence electrons. The van der Waals surface area contributed by atoms with Crippen molar-refractivity contribution >= 4 is 17.4 Å². The minimum absolute atomic E-state index is 0.569. The molecule has 2 rings (SSSR count). The minimum Gasteiger partial charge on any atom is -0.477 e. The lowest BCUT2D eigenvalue weighted by atomic mass is 9.91. The number of hydrogen-bond donors (Lipinski definition) is 0. The van der Waals surface area contributed by atoms with Crippen LogP contribution < -0.4 is 9.64 Å². The van der Waals surface area contributed by atoms with Crippen LogP contribution in [0.15, 0.2) is 12.4 Å². The zero-order chi connectivity index (χ0) is 12.8. The molecule has 0 bridgehead atoms. The van der Waals surface area contributed by atoms with Gasteiger partial charge in [-0.1, -0.05) is 6.92 Å². The highest BCUT2D eigenvalue weighted by atomic mass is 35.5. The fraction of sp³-hybridized carbons (Fsp3) is 0.692. The molecule has 0 amide bonds. The maximum Gasteiger partial charge on any atom is 0.234 e. The Morgan fingerprint density at radius 2 is 2.28 bits per heavy atom. The van der Waals surface area contributed by atoms with Gasteiger partial charge in [-0.15, -0.1) is 11.6 Å². The lowest BCUT2D eigenvalue weighted by Crippen LogP contribution is -2.42. The predicted molar refractivity (Wildman–Crippen MR) is 73.5 cm³/mol. The van der Waals surface area contributed by atoms with E-state index in [1.54, 1.807) is 12.4 Å². The second-order valence-corrected chi connectivity index (χ2v) is 4.91. The summed E-state index contributed by atoms with van der Waals surface area (Å²) in [5, 5.41) is 0. The van der Waals surface area contributed by atoms with Crippen molar-refractivity contribution in [1.29, 1.82) is 0 Å². The number of rotatable bonds is 7. The van der Waals surface area contributed by atoms with E-state index in [2.05, 4.69) is 21.8 Å². The molecule has 0 unspecified atom stereocenters. The molecule has 1 aliphatic carbocycles. The standard InChI is InChI=1S/C13H20ClN3O/c1-2-8-18-13-10-15-9-12(16-13)17(7-6-14)11-4-3-5-11/h9-11H,2-8H2,1H3. The molecule has 0 atom stereocenters. The van der Waals surface area contributed by atoms with E-state index in [4.69, 9.17) is 16.3 Å². The fourth-order valence-corrected chi connectivity index (χ4v) is 2.21. The smallest absolute Gasteiger partial charge is 0.234 e. The summed E-state index contributed by atoms with van der Waals surface area (Å²) in [5.74, 6) is 2.10. The molecule has 1 aromatic rings. The molecule has 1 aliphatic rings. The third-order valence-corrected chi connectivity index (χ3v) is 3.36. The lowest BCUT2D eigenvalue weighted by molar-refractivity contribution is 0.303. The van der Waals surface area contributed by atoms with Crippen LogP contribution in [0.4, 0.5) is 5.82 Å². The van der Waals surface area contributed by atoms with Gasteiger partial charge in [0.2, 0.25) is 5.88 Å². The van der Waals surface area contributed by atoms with Crippen molar-refractivity contribution in [1.82, 2.24) is 9.97 Å². The number of ether oxygens (including phenoxy) is 1. The number of halogens is 1. The van der Waals surface area contributed by atoms with Crippen molar-refractivity contribution in [3.63, 3.8) is 0 Å². The van der Waals surface area contributed by atoms with Gasteiger partial charge >= 0.3 is 0 Å². The topological polar surface area (TPSA) is 38.2 Å². The Kier molecular flexibility index (Phi) is 5.05. The summed E-state index contributed by atoms with van der Waals surface area (Å²) in [6, 6.07) is 0.569. The highest BCUT2D eigenvalue weighted by molar-refractivity contribution is 6.18. The lowest BCUT2D eigenvalue weighted by Gasteiger charge is -2.37. The van der Waals surface area contributed by atoms with Crippen LogP contribution in [0.2, 0.25) is 0 Å². The monoisotopic (exact) mass is 269 g/mol. The number of nitrogens with zero attached hydrogens (tertiary/aromatic N) is 3. The van der Waals surface area contributed by atoms with E-state index in [0.29, 0.717) is 24.4 Å². The average molecular weight is 270 g/mol. The van der Waals surface area contributed by atoms with Gasteiger partial charge in [0.05, 0.1) is 19.0 Å². The molecule has 5 heteroatoms. The Morgan fingerprint density at radius 1 is 1.44 bits per heavy atom. The van der Waals surface area contributed by atoms with Crippen LogP contribution in [-0.2, 0) is 0 Å². The van der Waals surface area contributed by atoms with E-state index in [-0.39, 0.29) is 0 Å². The van der Waals surface area contributed by atoms with Gasteiger partial charge in [0.1, 0.15) is 0 Å². The molecule has 1 heterocycles. The van der Waals surface area contributed by atoms with Gasteiger partial charge in [-0.05, 0) is 25.7 Å². The molecule has 1 fully saturated rings. The highest BCUT2D eigenvalue weighted by Gasteiger charge is 2.25. The van der Waals surface area contributed by atoms with Gasteiger partial charge in [-0.25, -0.2) is 0 Å². The molecular weight excluding hydrogens is 250 g/mol. The van der Waals surface area contributed by atoms with Crippen LogP contribution >= 0.6 is 11.6 Å². The number of aromatic nitrogens is 2. The highest BCUT2D eigenvalue weighted by Crippen LogP contribution is 2.28. The van der Waals surface area contributed by atoms with Gasteiger partial charge in [0.15, 0.2) is 5.82 Å². The fourth-order valence-electron chi connectivity index (χ4n) is 2.03. The van der Waals surface area contributed by atoms with Crippen molar-refractivity contribution in [2.24, 2.45) is 0 Å².